The topological polar surface area (TPSA) is 74.7 Å². The molecule has 1 heterocycles. The van der Waals surface area contributed by atoms with Crippen molar-refractivity contribution in [3.8, 4) is 0 Å². The molecule has 1 atom stereocenters. The van der Waals surface area contributed by atoms with Gasteiger partial charge in [0.2, 0.25) is 0 Å². The molecular formula is C16H16ClNO4S. The van der Waals surface area contributed by atoms with Crippen molar-refractivity contribution in [3.63, 3.8) is 0 Å². The van der Waals surface area contributed by atoms with Crippen molar-refractivity contribution < 1.29 is 19.5 Å². The number of aliphatic carboxylic acids is 1. The Morgan fingerprint density at radius 1 is 1.30 bits per heavy atom. The molecule has 23 heavy (non-hydrogen) atoms. The average molecular weight is 354 g/mol. The quantitative estimate of drug-likeness (QED) is 0.796. The number of carboxylic acid groups (broad SMARTS) is 1. The van der Waals surface area contributed by atoms with Crippen LogP contribution in [0.15, 0.2) is 35.4 Å². The molecule has 0 spiro atoms. The van der Waals surface area contributed by atoms with Crippen molar-refractivity contribution in [2.45, 2.75) is 18.7 Å². The summed E-state index contributed by atoms with van der Waals surface area (Å²) in [5.74, 6) is -1.18. The number of hydrogen-bond acceptors (Lipinski definition) is 4. The van der Waals surface area contributed by atoms with Crippen molar-refractivity contribution >= 4 is 41.0 Å². The molecule has 5 nitrogen and oxygen atoms in total. The van der Waals surface area contributed by atoms with Crippen LogP contribution in [0.5, 0.6) is 0 Å². The second kappa shape index (κ2) is 7.19. The zero-order valence-electron chi connectivity index (χ0n) is 12.7. The number of Topliss-reactive ketones (excluding diaryl/α,β-unsaturated/α-hetero) is 1. The van der Waals surface area contributed by atoms with Crippen molar-refractivity contribution in [3.05, 3.63) is 46.0 Å². The van der Waals surface area contributed by atoms with Crippen LogP contribution in [0.2, 0.25) is 5.02 Å². The molecule has 1 amide bonds. The smallest absolute Gasteiger partial charge is 0.308 e. The van der Waals surface area contributed by atoms with Crippen LogP contribution in [0.4, 0.5) is 0 Å². The maximum atomic E-state index is 12.8. The summed E-state index contributed by atoms with van der Waals surface area (Å²) in [4.78, 5) is 37.7. The highest BCUT2D eigenvalue weighted by atomic mass is 35.5. The van der Waals surface area contributed by atoms with Crippen LogP contribution in [0, 0.1) is 0 Å². The van der Waals surface area contributed by atoms with E-state index >= 15 is 0 Å². The van der Waals surface area contributed by atoms with Gasteiger partial charge in [-0.05, 0) is 30.0 Å². The fourth-order valence-electron chi connectivity index (χ4n) is 2.46. The zero-order chi connectivity index (χ0) is 17.1. The number of likely N-dealkylation sites (N-methyl/N-ethyl adjacent to an activating group) is 1. The molecule has 1 N–H and O–H groups in total. The first-order valence-corrected chi connectivity index (χ1v) is 8.43. The lowest BCUT2D eigenvalue weighted by atomic mass is 9.98. The third-order valence-electron chi connectivity index (χ3n) is 3.51. The zero-order valence-corrected chi connectivity index (χ0v) is 14.3. The Morgan fingerprint density at radius 2 is 1.91 bits per heavy atom. The van der Waals surface area contributed by atoms with Crippen LogP contribution in [0.1, 0.15) is 23.7 Å². The molecule has 0 aromatic heterocycles. The second-order valence-corrected chi connectivity index (χ2v) is 6.82. The van der Waals surface area contributed by atoms with E-state index in [1.807, 2.05) is 6.92 Å². The Kier molecular flexibility index (Phi) is 5.49. The fraction of sp³-hybridized carbons (Fsp3) is 0.312. The molecule has 2 rings (SSSR count). The first-order valence-electron chi connectivity index (χ1n) is 7.00. The van der Waals surface area contributed by atoms with Crippen molar-refractivity contribution in [2.75, 3.05) is 12.8 Å². The minimum Gasteiger partial charge on any atom is -0.481 e. The molecule has 7 heteroatoms. The van der Waals surface area contributed by atoms with Gasteiger partial charge >= 0.3 is 5.97 Å². The van der Waals surface area contributed by atoms with Crippen LogP contribution >= 0.6 is 23.4 Å². The summed E-state index contributed by atoms with van der Waals surface area (Å²) >= 11 is 7.25. The lowest BCUT2D eigenvalue weighted by molar-refractivity contribution is -0.137. The molecular weight excluding hydrogens is 338 g/mol. The normalized spacial score (nSPS) is 17.8. The molecule has 0 aliphatic carbocycles. The van der Waals surface area contributed by atoms with Crippen LogP contribution in [0.3, 0.4) is 0 Å². The number of amides is 1. The monoisotopic (exact) mass is 353 g/mol. The van der Waals surface area contributed by atoms with Gasteiger partial charge in [-0.3, -0.25) is 14.4 Å². The number of halogens is 1. The number of ketones is 1. The van der Waals surface area contributed by atoms with E-state index in [1.54, 1.807) is 31.3 Å². The van der Waals surface area contributed by atoms with E-state index in [9.17, 15) is 14.4 Å². The van der Waals surface area contributed by atoms with E-state index < -0.39 is 23.7 Å². The molecule has 0 radical (unpaired) electrons. The number of carbonyl (C=O) groups excluding carboxylic acids is 2. The maximum Gasteiger partial charge on any atom is 0.308 e. The maximum absolute atomic E-state index is 12.8. The molecule has 1 aromatic carbocycles. The molecule has 1 aliphatic heterocycles. The number of carbonyl (C=O) groups is 3. The minimum atomic E-state index is -1.13. The SMILES string of the molecule is CCS[C@@H]1C(C(=O)c2ccc(Cl)cc2)=C(CC(=O)O)C(=O)N1C. The molecule has 0 saturated heterocycles. The molecule has 1 aliphatic rings. The van der Waals surface area contributed by atoms with Gasteiger partial charge in [0.05, 0.1) is 6.42 Å². The van der Waals surface area contributed by atoms with Gasteiger partial charge in [-0.25, -0.2) is 0 Å². The minimum absolute atomic E-state index is 0.0610. The van der Waals surface area contributed by atoms with Crippen molar-refractivity contribution in [2.24, 2.45) is 0 Å². The molecule has 0 unspecified atom stereocenters. The largest absolute Gasteiger partial charge is 0.481 e. The number of thioether (sulfide) groups is 1. The van der Waals surface area contributed by atoms with Gasteiger partial charge < -0.3 is 10.0 Å². The Labute approximate surface area is 143 Å². The highest BCUT2D eigenvalue weighted by Crippen LogP contribution is 2.36. The summed E-state index contributed by atoms with van der Waals surface area (Å²) in [7, 11) is 1.58. The van der Waals surface area contributed by atoms with Gasteiger partial charge in [0, 0.05) is 28.8 Å². The average Bonchev–Trinajstić information content (AvgIpc) is 2.72. The third-order valence-corrected chi connectivity index (χ3v) is 4.96. The molecule has 0 saturated carbocycles. The highest BCUT2D eigenvalue weighted by Gasteiger charge is 2.41. The van der Waals surface area contributed by atoms with Gasteiger partial charge in [0.15, 0.2) is 5.78 Å². The van der Waals surface area contributed by atoms with E-state index in [0.29, 0.717) is 16.3 Å². The summed E-state index contributed by atoms with van der Waals surface area (Å²) in [6, 6.07) is 6.34. The second-order valence-electron chi connectivity index (χ2n) is 5.02. The number of nitrogens with zero attached hydrogens (tertiary/aromatic N) is 1. The number of hydrogen-bond donors (Lipinski definition) is 1. The van der Waals surface area contributed by atoms with Gasteiger partial charge in [0.25, 0.3) is 5.91 Å². The molecule has 1 aromatic rings. The summed E-state index contributed by atoms with van der Waals surface area (Å²) in [5, 5.41) is 9.09. The fourth-order valence-corrected chi connectivity index (χ4v) is 3.64. The standard InChI is InChI=1S/C16H16ClNO4S/c1-3-23-16-13(11(8-12(19)20)15(22)18(16)2)14(21)9-4-6-10(17)7-5-9/h4-7,16H,3,8H2,1-2H3,(H,19,20)/t16-/m1/s1. The molecule has 122 valence electrons. The van der Waals surface area contributed by atoms with Gasteiger partial charge in [-0.15, -0.1) is 11.8 Å². The molecule has 0 fully saturated rings. The van der Waals surface area contributed by atoms with Crippen LogP contribution in [-0.4, -0.2) is 45.8 Å². The number of rotatable bonds is 6. The predicted molar refractivity (Wildman–Crippen MR) is 89.8 cm³/mol. The highest BCUT2D eigenvalue weighted by molar-refractivity contribution is 8.00. The van der Waals surface area contributed by atoms with E-state index in [-0.39, 0.29) is 16.9 Å². The van der Waals surface area contributed by atoms with Crippen molar-refractivity contribution in [1.82, 2.24) is 4.90 Å². The number of benzene rings is 1. The predicted octanol–water partition coefficient (Wildman–Crippen LogP) is 2.85. The summed E-state index contributed by atoms with van der Waals surface area (Å²) < 4.78 is 0. The van der Waals surface area contributed by atoms with E-state index in [2.05, 4.69) is 0 Å². The Bertz CT molecular complexity index is 684. The Morgan fingerprint density at radius 3 is 2.43 bits per heavy atom. The number of carboxylic acids is 1. The summed E-state index contributed by atoms with van der Waals surface area (Å²) in [5.41, 5.74) is 0.706. The summed E-state index contributed by atoms with van der Waals surface area (Å²) in [6.07, 6.45) is -0.460. The van der Waals surface area contributed by atoms with Gasteiger partial charge in [-0.2, -0.15) is 0 Å². The van der Waals surface area contributed by atoms with E-state index in [1.165, 1.54) is 16.7 Å². The van der Waals surface area contributed by atoms with Gasteiger partial charge in [-0.1, -0.05) is 18.5 Å². The summed E-state index contributed by atoms with van der Waals surface area (Å²) in [6.45, 7) is 1.92. The molecule has 0 bridgehead atoms. The van der Waals surface area contributed by atoms with Crippen LogP contribution in [0.25, 0.3) is 0 Å². The van der Waals surface area contributed by atoms with E-state index in [4.69, 9.17) is 16.7 Å². The van der Waals surface area contributed by atoms with E-state index in [0.717, 1.165) is 0 Å². The third kappa shape index (κ3) is 3.59. The lowest BCUT2D eigenvalue weighted by Crippen LogP contribution is -2.31. The Hall–Kier alpha value is -1.79. The Balaban J connectivity index is 2.51. The lowest BCUT2D eigenvalue weighted by Gasteiger charge is -2.21. The first-order chi connectivity index (χ1) is 10.9. The van der Waals surface area contributed by atoms with Crippen LogP contribution in [-0.2, 0) is 9.59 Å². The van der Waals surface area contributed by atoms with Crippen LogP contribution < -0.4 is 0 Å². The van der Waals surface area contributed by atoms with Gasteiger partial charge in [0.1, 0.15) is 5.37 Å². The first kappa shape index (κ1) is 17.6. The van der Waals surface area contributed by atoms with Crippen molar-refractivity contribution in [1.29, 1.82) is 0 Å².